The lowest BCUT2D eigenvalue weighted by Gasteiger charge is -2.45. The van der Waals surface area contributed by atoms with Crippen molar-refractivity contribution in [3.63, 3.8) is 0 Å². The van der Waals surface area contributed by atoms with E-state index in [-0.39, 0.29) is 0 Å². The lowest BCUT2D eigenvalue weighted by molar-refractivity contribution is 0.754. The van der Waals surface area contributed by atoms with Crippen molar-refractivity contribution in [1.29, 1.82) is 0 Å². The lowest BCUT2D eigenvalue weighted by Crippen LogP contribution is -2.36. The molecule has 0 atom stereocenters. The Morgan fingerprint density at radius 2 is 0.418 bits per heavy atom. The van der Waals surface area contributed by atoms with E-state index in [0.717, 1.165) is 89.0 Å². The van der Waals surface area contributed by atoms with Gasteiger partial charge < -0.3 is 9.80 Å². The molecule has 0 saturated heterocycles. The highest BCUT2D eigenvalue weighted by atomic mass is 15.2. The molecule has 4 heterocycles. The first kappa shape index (κ1) is 75.5. The minimum Gasteiger partial charge on any atom is -0.310 e. The first-order valence-electron chi connectivity index (χ1n) is 46.5. The van der Waals surface area contributed by atoms with Crippen LogP contribution in [0.3, 0.4) is 0 Å². The lowest BCUT2D eigenvalue weighted by atomic mass is 9.64. The van der Waals surface area contributed by atoms with Crippen LogP contribution in [0.1, 0.15) is 44.5 Å². The number of nitrogens with zero attached hydrogens (tertiary/aromatic N) is 4. The predicted octanol–water partition coefficient (Wildman–Crippen LogP) is 34.3. The van der Waals surface area contributed by atoms with Gasteiger partial charge in [-0.05, 0) is 267 Å². The zero-order chi connectivity index (χ0) is 87.9. The number of para-hydroxylation sites is 5. The van der Waals surface area contributed by atoms with Crippen LogP contribution in [0.15, 0.2) is 485 Å². The molecule has 0 amide bonds. The zero-order valence-electron chi connectivity index (χ0n) is 73.0. The molecule has 620 valence electrons. The number of anilines is 6. The number of hydrogen-bond acceptors (Lipinski definition) is 4. The van der Waals surface area contributed by atoms with Crippen molar-refractivity contribution in [3.05, 3.63) is 530 Å². The van der Waals surface area contributed by atoms with Gasteiger partial charge >= 0.3 is 0 Å². The van der Waals surface area contributed by atoms with Crippen LogP contribution >= 0.6 is 0 Å². The van der Waals surface area contributed by atoms with E-state index >= 15 is 0 Å². The van der Waals surface area contributed by atoms with Crippen molar-refractivity contribution >= 4 is 142 Å². The molecule has 23 aromatic carbocycles. The van der Waals surface area contributed by atoms with E-state index in [1.54, 1.807) is 0 Å². The Balaban J connectivity index is 0.000000134. The summed E-state index contributed by atoms with van der Waals surface area (Å²) in [7, 11) is 0. The van der Waals surface area contributed by atoms with Gasteiger partial charge in [-0.3, -0.25) is 0 Å². The molecule has 0 fully saturated rings. The second-order valence-electron chi connectivity index (χ2n) is 36.3. The van der Waals surface area contributed by atoms with Crippen LogP contribution in [0.25, 0.3) is 186 Å². The van der Waals surface area contributed by atoms with Crippen LogP contribution in [-0.4, -0.2) is 9.97 Å². The minimum atomic E-state index is -0.566. The molecule has 4 heteroatoms. The Morgan fingerprint density at radius 3 is 0.851 bits per heavy atom. The van der Waals surface area contributed by atoms with E-state index in [2.05, 4.69) is 495 Å². The summed E-state index contributed by atoms with van der Waals surface area (Å²) >= 11 is 0. The first-order chi connectivity index (χ1) is 66.5. The van der Waals surface area contributed by atoms with Gasteiger partial charge in [0.05, 0.1) is 56.0 Å². The monoisotopic (exact) mass is 1700 g/mol. The van der Waals surface area contributed by atoms with Gasteiger partial charge in [-0.25, -0.2) is 9.97 Å². The van der Waals surface area contributed by atoms with Crippen molar-refractivity contribution in [3.8, 4) is 78.1 Å². The van der Waals surface area contributed by atoms with E-state index in [1.165, 1.54) is 176 Å². The topological polar surface area (TPSA) is 32.3 Å². The predicted molar refractivity (Wildman–Crippen MR) is 562 cm³/mol. The summed E-state index contributed by atoms with van der Waals surface area (Å²) in [5.74, 6) is 0. The minimum absolute atomic E-state index is 0.539. The summed E-state index contributed by atoms with van der Waals surface area (Å²) in [6.45, 7) is 0. The maximum atomic E-state index is 5.66. The molecule has 0 unspecified atom stereocenters. The number of hydrogen-bond donors (Lipinski definition) is 0. The number of pyridine rings is 2. The highest BCUT2D eigenvalue weighted by molar-refractivity contribution is 6.28. The quantitative estimate of drug-likeness (QED) is 0.149. The standard InChI is InChI=1S/C68H42N2.C62H38N2/c1-3-18-43(19-4-1)67-59-42-66-63(68(60-30-13-11-28-54(60)55-29-12-14-31-61(55)68)62-32-15-16-33-65(62)70(66)48-22-5-2-6-23-48)41-58(59)56-37-35-47(40-64(56)69-67)45-21-17-20-44(38-45)46-34-36-53-51-26-8-7-24-49(51)50-25-9-10-27-52(50)57(53)39-46;1-2-16-42(17-3-1)64-59-29-15-13-27-56(59)62(54-25-11-8-22-48(54)49-23-9-12-26-55(49)62)57-37-52-50-24-10-14-28-58(50)63-61(53(52)38-60(57)64)40-32-30-39(31-33-40)41-34-35-47-45-20-5-4-18-43(45)44-19-6-7-21-46(44)51(47)36-41/h1-42H;1-38H. The van der Waals surface area contributed by atoms with Gasteiger partial charge in [0, 0.05) is 44.0 Å². The second kappa shape index (κ2) is 29.5. The number of aromatic nitrogens is 2. The summed E-state index contributed by atoms with van der Waals surface area (Å²) in [6.07, 6.45) is 0. The molecule has 0 radical (unpaired) electrons. The molecule has 25 aromatic rings. The fourth-order valence-electron chi connectivity index (χ4n) is 23.9. The average Bonchev–Trinajstić information content (AvgIpc) is 1.48. The van der Waals surface area contributed by atoms with Crippen molar-refractivity contribution < 1.29 is 0 Å². The largest absolute Gasteiger partial charge is 0.310 e. The molecule has 2 spiro atoms. The van der Waals surface area contributed by atoms with Gasteiger partial charge in [0.15, 0.2) is 0 Å². The van der Waals surface area contributed by atoms with Crippen LogP contribution in [0, 0.1) is 0 Å². The van der Waals surface area contributed by atoms with Gasteiger partial charge in [0.1, 0.15) is 0 Å². The SMILES string of the molecule is c1ccc(-c2nc3cc(-c4cccc(-c5ccc6c7ccccc7c7ccccc7c6c5)c4)ccc3c3cc4c(cc23)N(c2ccccc2)c2ccccc2C42c3ccccc3-c3ccccc32)cc1.c1ccc(N2c3ccccc3C3(c4ccccc4-c4ccccc43)c3cc4c(cc32)c(-c2ccc(-c3ccc5c6ccccc6c6ccccc6c5c3)cc2)nc2ccccc24)cc1. The van der Waals surface area contributed by atoms with Crippen LogP contribution < -0.4 is 9.80 Å². The van der Waals surface area contributed by atoms with Crippen LogP contribution in [0.2, 0.25) is 0 Å². The molecule has 0 bridgehead atoms. The van der Waals surface area contributed by atoms with Gasteiger partial charge in [0.2, 0.25) is 0 Å². The Kier molecular flexibility index (Phi) is 16.7. The van der Waals surface area contributed by atoms with Gasteiger partial charge in [-0.15, -0.1) is 0 Å². The van der Waals surface area contributed by atoms with Crippen molar-refractivity contribution in [2.45, 2.75) is 10.8 Å². The van der Waals surface area contributed by atoms with E-state index in [1.807, 2.05) is 0 Å². The van der Waals surface area contributed by atoms with Crippen LogP contribution in [0.4, 0.5) is 34.1 Å². The fraction of sp³-hybridized carbons (Fsp3) is 0.0154. The average molecular weight is 1700 g/mol. The van der Waals surface area contributed by atoms with E-state index in [0.29, 0.717) is 0 Å². The molecule has 2 aliphatic carbocycles. The third kappa shape index (κ3) is 11.0. The molecule has 4 aliphatic rings. The molecule has 134 heavy (non-hydrogen) atoms. The van der Waals surface area contributed by atoms with E-state index < -0.39 is 10.8 Å². The summed E-state index contributed by atoms with van der Waals surface area (Å²) in [6, 6.07) is 180. The molecule has 2 aromatic heterocycles. The van der Waals surface area contributed by atoms with Crippen molar-refractivity contribution in [1.82, 2.24) is 9.97 Å². The molecule has 29 rings (SSSR count). The van der Waals surface area contributed by atoms with Crippen LogP contribution in [0.5, 0.6) is 0 Å². The molecule has 4 nitrogen and oxygen atoms in total. The summed E-state index contributed by atoms with van der Waals surface area (Å²) in [5.41, 5.74) is 34.5. The van der Waals surface area contributed by atoms with Gasteiger partial charge in [0.25, 0.3) is 0 Å². The Morgan fingerprint density at radius 1 is 0.142 bits per heavy atom. The van der Waals surface area contributed by atoms with Crippen molar-refractivity contribution in [2.75, 3.05) is 9.80 Å². The van der Waals surface area contributed by atoms with E-state index in [4.69, 9.17) is 9.97 Å². The Hall–Kier alpha value is -17.4. The van der Waals surface area contributed by atoms with Crippen LogP contribution in [-0.2, 0) is 10.8 Å². The van der Waals surface area contributed by atoms with Gasteiger partial charge in [-0.2, -0.15) is 0 Å². The normalized spacial score (nSPS) is 13.3. The smallest absolute Gasteiger partial charge is 0.0788 e. The number of benzene rings is 23. The number of fused-ring (bicyclic) bond motifs is 36. The maximum absolute atomic E-state index is 5.66. The Bertz CT molecular complexity index is 9120. The number of rotatable bonds is 7. The Labute approximate surface area is 775 Å². The second-order valence-corrected chi connectivity index (χ2v) is 36.3. The molecular weight excluding hydrogens is 1620 g/mol. The molecule has 0 saturated carbocycles. The van der Waals surface area contributed by atoms with Gasteiger partial charge in [-0.1, -0.05) is 394 Å². The fourth-order valence-corrected chi connectivity index (χ4v) is 23.9. The highest BCUT2D eigenvalue weighted by Crippen LogP contribution is 2.67. The summed E-state index contributed by atoms with van der Waals surface area (Å²) in [5, 5.41) is 22.3. The highest BCUT2D eigenvalue weighted by Gasteiger charge is 2.54. The summed E-state index contributed by atoms with van der Waals surface area (Å²) < 4.78 is 0. The molecular formula is C130H80N4. The zero-order valence-corrected chi connectivity index (χ0v) is 73.0. The molecule has 0 N–H and O–H groups in total. The first-order valence-corrected chi connectivity index (χ1v) is 46.5. The molecule has 2 aliphatic heterocycles. The summed E-state index contributed by atoms with van der Waals surface area (Å²) in [4.78, 5) is 16.1. The van der Waals surface area contributed by atoms with E-state index in [9.17, 15) is 0 Å². The maximum Gasteiger partial charge on any atom is 0.0788 e. The van der Waals surface area contributed by atoms with Crippen molar-refractivity contribution in [2.24, 2.45) is 0 Å². The third-order valence-corrected chi connectivity index (χ3v) is 29.6. The third-order valence-electron chi connectivity index (χ3n) is 29.6.